The highest BCUT2D eigenvalue weighted by Crippen LogP contribution is 2.33. The largest absolute Gasteiger partial charge is 0.379 e. The van der Waals surface area contributed by atoms with Crippen LogP contribution in [0.4, 0.5) is 0 Å². The van der Waals surface area contributed by atoms with Crippen LogP contribution in [0.25, 0.3) is 0 Å². The SMILES string of the molecule is Cn1ncc2c1[C@@H](COCC1CC1)N(Cc1cccnc1)CC2. The minimum atomic E-state index is 0.283. The van der Waals surface area contributed by atoms with Crippen LogP contribution in [-0.4, -0.2) is 39.4 Å². The molecule has 4 rings (SSSR count). The van der Waals surface area contributed by atoms with Crippen molar-refractivity contribution < 1.29 is 4.74 Å². The highest BCUT2D eigenvalue weighted by Gasteiger charge is 2.31. The predicted octanol–water partition coefficient (Wildman–Crippen LogP) is 2.34. The van der Waals surface area contributed by atoms with Crippen molar-refractivity contribution in [3.8, 4) is 0 Å². The molecule has 5 nitrogen and oxygen atoms in total. The fraction of sp³-hybridized carbons (Fsp3) is 0.556. The first-order valence-electron chi connectivity index (χ1n) is 8.52. The highest BCUT2D eigenvalue weighted by atomic mass is 16.5. The van der Waals surface area contributed by atoms with E-state index in [-0.39, 0.29) is 6.04 Å². The van der Waals surface area contributed by atoms with Crippen LogP contribution in [-0.2, 0) is 24.8 Å². The Balaban J connectivity index is 1.52. The van der Waals surface area contributed by atoms with E-state index in [9.17, 15) is 0 Å². The maximum absolute atomic E-state index is 6.05. The van der Waals surface area contributed by atoms with E-state index in [4.69, 9.17) is 4.74 Å². The third kappa shape index (κ3) is 3.31. The molecule has 0 bridgehead atoms. The summed E-state index contributed by atoms with van der Waals surface area (Å²) in [5.74, 6) is 0.802. The summed E-state index contributed by atoms with van der Waals surface area (Å²) in [4.78, 5) is 6.75. The normalized spacial score (nSPS) is 21.3. The molecule has 1 fully saturated rings. The Morgan fingerprint density at radius 2 is 2.17 bits per heavy atom. The van der Waals surface area contributed by atoms with Crippen LogP contribution in [0.2, 0.25) is 0 Å². The highest BCUT2D eigenvalue weighted by molar-refractivity contribution is 5.25. The molecule has 2 aliphatic rings. The number of pyridine rings is 1. The van der Waals surface area contributed by atoms with E-state index < -0.39 is 0 Å². The molecular formula is C18H24N4O. The van der Waals surface area contributed by atoms with E-state index in [1.807, 2.05) is 36.4 Å². The van der Waals surface area contributed by atoms with Crippen molar-refractivity contribution in [1.82, 2.24) is 19.7 Å². The topological polar surface area (TPSA) is 43.2 Å². The molecule has 1 saturated carbocycles. The zero-order valence-corrected chi connectivity index (χ0v) is 13.7. The van der Waals surface area contributed by atoms with Gasteiger partial charge in [0, 0.05) is 39.1 Å². The van der Waals surface area contributed by atoms with Crippen molar-refractivity contribution in [1.29, 1.82) is 0 Å². The van der Waals surface area contributed by atoms with Gasteiger partial charge in [0.2, 0.25) is 0 Å². The Labute approximate surface area is 137 Å². The van der Waals surface area contributed by atoms with Gasteiger partial charge in [-0.2, -0.15) is 5.10 Å². The van der Waals surface area contributed by atoms with Gasteiger partial charge in [-0.15, -0.1) is 0 Å². The second kappa shape index (κ2) is 6.42. The van der Waals surface area contributed by atoms with E-state index in [1.165, 1.54) is 29.7 Å². The molecule has 0 amide bonds. The average Bonchev–Trinajstić information content (AvgIpc) is 3.32. The summed E-state index contributed by atoms with van der Waals surface area (Å²) in [7, 11) is 2.04. The predicted molar refractivity (Wildman–Crippen MR) is 87.8 cm³/mol. The van der Waals surface area contributed by atoms with Gasteiger partial charge in [0.1, 0.15) is 0 Å². The third-order valence-corrected chi connectivity index (χ3v) is 4.92. The van der Waals surface area contributed by atoms with Gasteiger partial charge in [-0.3, -0.25) is 14.6 Å². The Bertz CT molecular complexity index is 650. The molecule has 2 aromatic rings. The summed E-state index contributed by atoms with van der Waals surface area (Å²) in [6.45, 7) is 3.62. The van der Waals surface area contributed by atoms with Gasteiger partial charge >= 0.3 is 0 Å². The maximum atomic E-state index is 6.05. The quantitative estimate of drug-likeness (QED) is 0.821. The smallest absolute Gasteiger partial charge is 0.0760 e. The molecule has 3 heterocycles. The zero-order valence-electron chi connectivity index (χ0n) is 13.7. The lowest BCUT2D eigenvalue weighted by Crippen LogP contribution is -2.38. The number of nitrogens with zero attached hydrogens (tertiary/aromatic N) is 4. The fourth-order valence-electron chi connectivity index (χ4n) is 3.44. The number of aryl methyl sites for hydroxylation is 1. The Kier molecular flexibility index (Phi) is 4.14. The summed E-state index contributed by atoms with van der Waals surface area (Å²) in [5, 5.41) is 4.47. The molecule has 1 aliphatic heterocycles. The van der Waals surface area contributed by atoms with E-state index >= 15 is 0 Å². The van der Waals surface area contributed by atoms with Crippen molar-refractivity contribution >= 4 is 0 Å². The summed E-state index contributed by atoms with van der Waals surface area (Å²) < 4.78 is 8.07. The van der Waals surface area contributed by atoms with Crippen molar-refractivity contribution in [3.63, 3.8) is 0 Å². The molecule has 0 unspecified atom stereocenters. The van der Waals surface area contributed by atoms with Gasteiger partial charge in [0.25, 0.3) is 0 Å². The molecule has 0 radical (unpaired) electrons. The molecule has 0 saturated heterocycles. The van der Waals surface area contributed by atoms with Crippen molar-refractivity contribution in [3.05, 3.63) is 47.5 Å². The average molecular weight is 312 g/mol. The third-order valence-electron chi connectivity index (χ3n) is 4.92. The van der Waals surface area contributed by atoms with Crippen molar-refractivity contribution in [2.24, 2.45) is 13.0 Å². The van der Waals surface area contributed by atoms with Crippen LogP contribution < -0.4 is 0 Å². The van der Waals surface area contributed by atoms with E-state index in [1.54, 1.807) is 0 Å². The molecule has 0 aromatic carbocycles. The first-order valence-corrected chi connectivity index (χ1v) is 8.52. The minimum absolute atomic E-state index is 0.283. The molecule has 1 aliphatic carbocycles. The van der Waals surface area contributed by atoms with Gasteiger partial charge in [0.15, 0.2) is 0 Å². The number of rotatable bonds is 6. The lowest BCUT2D eigenvalue weighted by atomic mass is 9.99. The van der Waals surface area contributed by atoms with Crippen LogP contribution in [0.5, 0.6) is 0 Å². The Morgan fingerprint density at radius 1 is 1.26 bits per heavy atom. The summed E-state index contributed by atoms with van der Waals surface area (Å²) in [6, 6.07) is 4.44. The molecule has 0 spiro atoms. The molecule has 0 N–H and O–H groups in total. The summed E-state index contributed by atoms with van der Waals surface area (Å²) >= 11 is 0. The fourth-order valence-corrected chi connectivity index (χ4v) is 3.44. The van der Waals surface area contributed by atoms with E-state index in [2.05, 4.69) is 21.0 Å². The Hall–Kier alpha value is -1.72. The number of fused-ring (bicyclic) bond motifs is 1. The van der Waals surface area contributed by atoms with E-state index in [0.717, 1.165) is 38.6 Å². The van der Waals surface area contributed by atoms with Gasteiger partial charge in [0.05, 0.1) is 24.5 Å². The first-order chi connectivity index (χ1) is 11.3. The maximum Gasteiger partial charge on any atom is 0.0760 e. The number of ether oxygens (including phenoxy) is 1. The number of hydrogen-bond acceptors (Lipinski definition) is 4. The lowest BCUT2D eigenvalue weighted by molar-refractivity contribution is 0.0412. The van der Waals surface area contributed by atoms with Crippen molar-refractivity contribution in [2.75, 3.05) is 19.8 Å². The van der Waals surface area contributed by atoms with Crippen LogP contribution in [0.15, 0.2) is 30.7 Å². The zero-order chi connectivity index (χ0) is 15.6. The molecule has 122 valence electrons. The first kappa shape index (κ1) is 14.8. The summed E-state index contributed by atoms with van der Waals surface area (Å²) in [5.41, 5.74) is 3.94. The standard InChI is InChI=1S/C18H24N4O/c1-21-18-16(10-20-21)6-8-22(11-15-3-2-7-19-9-15)17(18)13-23-12-14-4-5-14/h2-3,7,9-10,14,17H,4-6,8,11-13H2,1H3/t17-/m1/s1. The van der Waals surface area contributed by atoms with Crippen LogP contribution in [0.3, 0.4) is 0 Å². The Morgan fingerprint density at radius 3 is 2.96 bits per heavy atom. The molecule has 5 heteroatoms. The second-order valence-electron chi connectivity index (χ2n) is 6.76. The monoisotopic (exact) mass is 312 g/mol. The minimum Gasteiger partial charge on any atom is -0.379 e. The molecule has 1 atom stereocenters. The lowest BCUT2D eigenvalue weighted by Gasteiger charge is -2.36. The second-order valence-corrected chi connectivity index (χ2v) is 6.76. The van der Waals surface area contributed by atoms with Crippen LogP contribution in [0, 0.1) is 5.92 Å². The van der Waals surface area contributed by atoms with Crippen LogP contribution in [0.1, 0.15) is 35.7 Å². The van der Waals surface area contributed by atoms with Crippen molar-refractivity contribution in [2.45, 2.75) is 31.8 Å². The van der Waals surface area contributed by atoms with Gasteiger partial charge in [-0.1, -0.05) is 6.07 Å². The molecular weight excluding hydrogens is 288 g/mol. The van der Waals surface area contributed by atoms with E-state index in [0.29, 0.717) is 0 Å². The van der Waals surface area contributed by atoms with Crippen LogP contribution >= 0.6 is 0 Å². The summed E-state index contributed by atoms with van der Waals surface area (Å²) in [6.07, 6.45) is 9.53. The number of hydrogen-bond donors (Lipinski definition) is 0. The molecule has 23 heavy (non-hydrogen) atoms. The van der Waals surface area contributed by atoms with Gasteiger partial charge in [-0.25, -0.2) is 0 Å². The molecule has 2 aromatic heterocycles. The van der Waals surface area contributed by atoms with Gasteiger partial charge < -0.3 is 4.74 Å². The number of aromatic nitrogens is 3. The van der Waals surface area contributed by atoms with Gasteiger partial charge in [-0.05, 0) is 42.4 Å².